The average Bonchev–Trinajstić information content (AvgIpc) is 2.72. The highest BCUT2D eigenvalue weighted by molar-refractivity contribution is 7.10. The first-order valence-corrected chi connectivity index (χ1v) is 5.84. The molecule has 0 aliphatic rings. The van der Waals surface area contributed by atoms with Gasteiger partial charge in [-0.15, -0.1) is 11.3 Å². The Hall–Kier alpha value is -1.01. The molecule has 0 amide bonds. The molecular formula is C8H10N4S2. The molecule has 2 heterocycles. The predicted octanol–water partition coefficient (Wildman–Crippen LogP) is 2.22. The van der Waals surface area contributed by atoms with Crippen LogP contribution in [0.25, 0.3) is 0 Å². The van der Waals surface area contributed by atoms with Gasteiger partial charge in [0.1, 0.15) is 5.82 Å². The van der Waals surface area contributed by atoms with Crippen LogP contribution in [0.2, 0.25) is 0 Å². The third-order valence-corrected chi connectivity index (χ3v) is 3.20. The first-order chi connectivity index (χ1) is 6.74. The summed E-state index contributed by atoms with van der Waals surface area (Å²) >= 11 is 3.04. The van der Waals surface area contributed by atoms with Gasteiger partial charge in [-0.05, 0) is 13.8 Å². The molecule has 2 rings (SSSR count). The van der Waals surface area contributed by atoms with E-state index in [-0.39, 0.29) is 0 Å². The maximum absolute atomic E-state index is 4.35. The molecule has 14 heavy (non-hydrogen) atoms. The fourth-order valence-corrected chi connectivity index (χ4v) is 2.21. The van der Waals surface area contributed by atoms with Crippen molar-refractivity contribution in [3.63, 3.8) is 0 Å². The zero-order chi connectivity index (χ0) is 9.97. The number of thiazole rings is 1. The Kier molecular flexibility index (Phi) is 2.74. The summed E-state index contributed by atoms with van der Waals surface area (Å²) < 4.78 is 4.08. The summed E-state index contributed by atoms with van der Waals surface area (Å²) in [7, 11) is 0. The summed E-state index contributed by atoms with van der Waals surface area (Å²) in [5, 5.41) is 7.18. The lowest BCUT2D eigenvalue weighted by Crippen LogP contribution is -1.99. The average molecular weight is 226 g/mol. The number of hydrogen-bond donors (Lipinski definition) is 1. The fourth-order valence-electron chi connectivity index (χ4n) is 1.02. The number of rotatable bonds is 3. The smallest absolute Gasteiger partial charge is 0.202 e. The maximum Gasteiger partial charge on any atom is 0.202 e. The van der Waals surface area contributed by atoms with Crippen molar-refractivity contribution in [1.82, 2.24) is 14.3 Å². The molecule has 0 saturated carbocycles. The van der Waals surface area contributed by atoms with Crippen molar-refractivity contribution in [3.8, 4) is 0 Å². The van der Waals surface area contributed by atoms with Crippen molar-refractivity contribution in [2.75, 3.05) is 5.32 Å². The quantitative estimate of drug-likeness (QED) is 0.872. The van der Waals surface area contributed by atoms with Crippen LogP contribution in [0, 0.1) is 13.8 Å². The lowest BCUT2D eigenvalue weighted by molar-refractivity contribution is 1.04. The second-order valence-electron chi connectivity index (χ2n) is 2.86. The first-order valence-electron chi connectivity index (χ1n) is 4.19. The highest BCUT2D eigenvalue weighted by Gasteiger charge is 2.01. The van der Waals surface area contributed by atoms with Gasteiger partial charge >= 0.3 is 0 Å². The summed E-state index contributed by atoms with van der Waals surface area (Å²) in [6, 6.07) is 0. The van der Waals surface area contributed by atoms with Crippen molar-refractivity contribution in [1.29, 1.82) is 0 Å². The Bertz CT molecular complexity index is 380. The summed E-state index contributed by atoms with van der Waals surface area (Å²) in [5.74, 6) is 0.812. The second-order valence-corrected chi connectivity index (χ2v) is 4.67. The number of nitrogens with one attached hydrogen (secondary N) is 1. The Morgan fingerprint density at radius 1 is 1.36 bits per heavy atom. The van der Waals surface area contributed by atoms with Crippen molar-refractivity contribution < 1.29 is 0 Å². The van der Waals surface area contributed by atoms with E-state index in [0.717, 1.165) is 28.2 Å². The summed E-state index contributed by atoms with van der Waals surface area (Å²) in [6.45, 7) is 4.61. The Morgan fingerprint density at radius 2 is 2.21 bits per heavy atom. The zero-order valence-corrected chi connectivity index (χ0v) is 9.58. The number of aryl methyl sites for hydroxylation is 2. The van der Waals surface area contributed by atoms with Crippen molar-refractivity contribution in [3.05, 3.63) is 21.9 Å². The van der Waals surface area contributed by atoms with E-state index in [1.807, 2.05) is 13.8 Å². The van der Waals surface area contributed by atoms with Gasteiger partial charge in [0.2, 0.25) is 5.13 Å². The van der Waals surface area contributed by atoms with E-state index in [0.29, 0.717) is 0 Å². The van der Waals surface area contributed by atoms with Gasteiger partial charge in [-0.2, -0.15) is 4.37 Å². The lowest BCUT2D eigenvalue weighted by atomic mass is 10.5. The van der Waals surface area contributed by atoms with Gasteiger partial charge in [-0.25, -0.2) is 9.97 Å². The molecule has 0 unspecified atom stereocenters. The molecule has 0 saturated heterocycles. The minimum absolute atomic E-state index is 0.721. The number of aromatic nitrogens is 3. The van der Waals surface area contributed by atoms with E-state index in [2.05, 4.69) is 25.0 Å². The number of nitrogens with zero attached hydrogens (tertiary/aromatic N) is 3. The molecule has 1 N–H and O–H groups in total. The molecule has 0 fully saturated rings. The molecule has 2 aromatic rings. The lowest BCUT2D eigenvalue weighted by Gasteiger charge is -1.96. The molecule has 6 heteroatoms. The third kappa shape index (κ3) is 2.27. The van der Waals surface area contributed by atoms with E-state index < -0.39 is 0 Å². The van der Waals surface area contributed by atoms with Crippen LogP contribution in [-0.4, -0.2) is 14.3 Å². The topological polar surface area (TPSA) is 50.7 Å². The molecule has 0 spiro atoms. The number of hydrogen-bond acceptors (Lipinski definition) is 6. The fraction of sp³-hybridized carbons (Fsp3) is 0.375. The molecule has 2 aromatic heterocycles. The summed E-state index contributed by atoms with van der Waals surface area (Å²) in [5.41, 5.74) is 1.06. The van der Waals surface area contributed by atoms with Crippen LogP contribution in [0.5, 0.6) is 0 Å². The van der Waals surface area contributed by atoms with Gasteiger partial charge in [0, 0.05) is 16.9 Å². The van der Waals surface area contributed by atoms with E-state index >= 15 is 0 Å². The Balaban J connectivity index is 1.94. The molecule has 0 radical (unpaired) electrons. The molecule has 0 aliphatic carbocycles. The molecule has 4 nitrogen and oxygen atoms in total. The van der Waals surface area contributed by atoms with Gasteiger partial charge in [-0.3, -0.25) is 0 Å². The van der Waals surface area contributed by atoms with Crippen LogP contribution >= 0.6 is 22.9 Å². The third-order valence-electron chi connectivity index (χ3n) is 1.61. The second kappa shape index (κ2) is 4.02. The maximum atomic E-state index is 4.35. The largest absolute Gasteiger partial charge is 0.355 e. The number of anilines is 1. The van der Waals surface area contributed by atoms with Crippen LogP contribution in [0.15, 0.2) is 5.38 Å². The van der Waals surface area contributed by atoms with Crippen LogP contribution in [0.4, 0.5) is 5.13 Å². The van der Waals surface area contributed by atoms with Crippen molar-refractivity contribution >= 4 is 28.0 Å². The van der Waals surface area contributed by atoms with E-state index in [4.69, 9.17) is 0 Å². The van der Waals surface area contributed by atoms with Gasteiger partial charge < -0.3 is 5.32 Å². The standard InChI is InChI=1S/C8H10N4S2/c1-5-10-8(14-12-5)9-3-7-4-13-6(2)11-7/h4H,3H2,1-2H3,(H,9,10,12). The van der Waals surface area contributed by atoms with Gasteiger partial charge in [0.05, 0.1) is 17.2 Å². The van der Waals surface area contributed by atoms with E-state index in [1.165, 1.54) is 11.5 Å². The van der Waals surface area contributed by atoms with Crippen molar-refractivity contribution in [2.45, 2.75) is 20.4 Å². The van der Waals surface area contributed by atoms with Crippen molar-refractivity contribution in [2.24, 2.45) is 0 Å². The van der Waals surface area contributed by atoms with Gasteiger partial charge in [0.15, 0.2) is 0 Å². The normalized spacial score (nSPS) is 10.4. The van der Waals surface area contributed by atoms with Gasteiger partial charge in [-0.1, -0.05) is 0 Å². The molecule has 0 aliphatic heterocycles. The summed E-state index contributed by atoms with van der Waals surface area (Å²) in [6.07, 6.45) is 0. The van der Waals surface area contributed by atoms with E-state index in [9.17, 15) is 0 Å². The highest BCUT2D eigenvalue weighted by atomic mass is 32.1. The molecule has 74 valence electrons. The molecule has 0 bridgehead atoms. The molecule has 0 aromatic carbocycles. The van der Waals surface area contributed by atoms with Crippen LogP contribution in [-0.2, 0) is 6.54 Å². The minimum atomic E-state index is 0.721. The minimum Gasteiger partial charge on any atom is -0.355 e. The van der Waals surface area contributed by atoms with E-state index in [1.54, 1.807) is 11.3 Å². The zero-order valence-electron chi connectivity index (χ0n) is 7.94. The summed E-state index contributed by atoms with van der Waals surface area (Å²) in [4.78, 5) is 8.55. The molecule has 0 atom stereocenters. The monoisotopic (exact) mass is 226 g/mol. The molecular weight excluding hydrogens is 216 g/mol. The predicted molar refractivity (Wildman–Crippen MR) is 58.8 cm³/mol. The van der Waals surface area contributed by atoms with Crippen LogP contribution < -0.4 is 5.32 Å². The Morgan fingerprint density at radius 3 is 2.79 bits per heavy atom. The van der Waals surface area contributed by atoms with Crippen LogP contribution in [0.3, 0.4) is 0 Å². The van der Waals surface area contributed by atoms with Gasteiger partial charge in [0.25, 0.3) is 0 Å². The van der Waals surface area contributed by atoms with Crippen LogP contribution in [0.1, 0.15) is 16.5 Å². The first kappa shape index (κ1) is 9.54. The Labute approximate surface area is 90.2 Å². The highest BCUT2D eigenvalue weighted by Crippen LogP contribution is 2.13. The SMILES string of the molecule is Cc1nsc(NCc2csc(C)n2)n1.